The number of hydrogen-bond acceptors (Lipinski definition) is 2. The lowest BCUT2D eigenvalue weighted by Crippen LogP contribution is -2.06. The van der Waals surface area contributed by atoms with Crippen LogP contribution in [-0.4, -0.2) is 27.9 Å². The highest BCUT2D eigenvalue weighted by atomic mass is 15.2. The Bertz CT molecular complexity index is 3160. The van der Waals surface area contributed by atoms with Crippen molar-refractivity contribution in [2.45, 2.75) is 60.0 Å². The quantitative estimate of drug-likeness (QED) is 0.172. The SMILES string of the molecule is [2H]C([2H])([2H])C([2H])(C)C([2H])([2H])Cc1cccc2c1nc1n(-c3cccc(-n4c5ccccc5n5c6cccc(CCC(C)(C([2H])([2H])[2H])C([2H])([2H])[2H])c6nc45)c3)c3ccccc3n21. The van der Waals surface area contributed by atoms with Crippen LogP contribution in [0.25, 0.3) is 67.1 Å². The molecule has 5 aromatic carbocycles. The molecule has 0 aliphatic heterocycles. The molecule has 49 heavy (non-hydrogen) atoms. The van der Waals surface area contributed by atoms with Crippen LogP contribution in [0.4, 0.5) is 0 Å². The number of hydrogen-bond donors (Lipinski definition) is 0. The zero-order valence-corrected chi connectivity index (χ0v) is 27.2. The summed E-state index contributed by atoms with van der Waals surface area (Å²) in [5.41, 5.74) is 7.06. The molecule has 0 aliphatic carbocycles. The van der Waals surface area contributed by atoms with Gasteiger partial charge in [0, 0.05) is 16.4 Å². The Balaban J connectivity index is 1.21. The molecule has 244 valence electrons. The van der Waals surface area contributed by atoms with Gasteiger partial charge in [-0.2, -0.15) is 0 Å². The minimum Gasteiger partial charge on any atom is -0.278 e. The Morgan fingerprint density at radius 3 is 1.67 bits per heavy atom. The average Bonchev–Trinajstić information content (AvgIpc) is 3.92. The first kappa shape index (κ1) is 19.6. The lowest BCUT2D eigenvalue weighted by molar-refractivity contribution is 0.378. The fourth-order valence-corrected chi connectivity index (χ4v) is 7.20. The third-order valence-electron chi connectivity index (χ3n) is 9.41. The number of imidazole rings is 4. The molecule has 6 heteroatoms. The minimum absolute atomic E-state index is 0.0911. The molecule has 9 aromatic rings. The Kier molecular flexibility index (Phi) is 4.44. The lowest BCUT2D eigenvalue weighted by atomic mass is 9.88. The summed E-state index contributed by atoms with van der Waals surface area (Å²) >= 11 is 0. The highest BCUT2D eigenvalue weighted by Gasteiger charge is 2.22. The van der Waals surface area contributed by atoms with Gasteiger partial charge in [-0.1, -0.05) is 89.0 Å². The van der Waals surface area contributed by atoms with Gasteiger partial charge in [-0.15, -0.1) is 0 Å². The van der Waals surface area contributed by atoms with E-state index in [9.17, 15) is 0 Å². The summed E-state index contributed by atoms with van der Waals surface area (Å²) in [6, 6.07) is 34.9. The van der Waals surface area contributed by atoms with Gasteiger partial charge in [0.05, 0.1) is 55.5 Å². The summed E-state index contributed by atoms with van der Waals surface area (Å²) in [5, 5.41) is 0. The molecule has 4 aromatic heterocycles. The Morgan fingerprint density at radius 1 is 0.653 bits per heavy atom. The van der Waals surface area contributed by atoms with E-state index in [0.717, 1.165) is 51.4 Å². The van der Waals surface area contributed by atoms with E-state index in [1.54, 1.807) is 12.1 Å². The highest BCUT2D eigenvalue weighted by molar-refractivity contribution is 5.95. The van der Waals surface area contributed by atoms with Crippen LogP contribution < -0.4 is 0 Å². The first-order chi connectivity index (χ1) is 28.6. The molecule has 1 atom stereocenters. The van der Waals surface area contributed by atoms with Gasteiger partial charge in [-0.3, -0.25) is 17.9 Å². The topological polar surface area (TPSA) is 44.5 Å². The van der Waals surface area contributed by atoms with Crippen LogP contribution in [0.2, 0.25) is 0 Å². The molecule has 0 radical (unpaired) electrons. The summed E-state index contributed by atoms with van der Waals surface area (Å²) < 4.78 is 107. The van der Waals surface area contributed by atoms with E-state index in [0.29, 0.717) is 33.7 Å². The normalized spacial score (nSPS) is 18.6. The number of rotatable bonds is 7. The molecule has 0 amide bonds. The smallest absolute Gasteiger partial charge is 0.220 e. The van der Waals surface area contributed by atoms with Gasteiger partial charge in [0.15, 0.2) is 0 Å². The van der Waals surface area contributed by atoms with Crippen LogP contribution in [0.5, 0.6) is 0 Å². The molecule has 0 aliphatic rings. The van der Waals surface area contributed by atoms with Crippen molar-refractivity contribution in [1.82, 2.24) is 27.9 Å². The number of nitrogens with zero attached hydrogens (tertiary/aromatic N) is 6. The summed E-state index contributed by atoms with van der Waals surface area (Å²) in [4.78, 5) is 10.3. The van der Waals surface area contributed by atoms with E-state index in [-0.39, 0.29) is 19.3 Å². The second kappa shape index (κ2) is 11.1. The maximum atomic E-state index is 8.78. The van der Waals surface area contributed by atoms with Gasteiger partial charge in [-0.25, -0.2) is 9.97 Å². The van der Waals surface area contributed by atoms with Gasteiger partial charge in [0.1, 0.15) is 0 Å². The van der Waals surface area contributed by atoms with Gasteiger partial charge >= 0.3 is 0 Å². The van der Waals surface area contributed by atoms with Crippen LogP contribution in [0.15, 0.2) is 109 Å². The van der Waals surface area contributed by atoms with Crippen molar-refractivity contribution in [1.29, 1.82) is 0 Å². The standard InChI is InChI=1S/C43H42N6/c1-28(2)23-24-29-13-10-21-37-39(29)44-41-46(33-17-6-8-19-35(33)48(37)41)31-15-12-16-32(27-31)47-34-18-7-9-20-36(34)49-38-22-11-14-30(25-26-43(3,4)5)40(38)45-42(47)49/h6-22,27-28H,23-26H2,1-5H3/i1D3,3D3,4D3,23D2,28D. The van der Waals surface area contributed by atoms with Gasteiger partial charge in [0.2, 0.25) is 11.6 Å². The molecule has 0 saturated heterocycles. The van der Waals surface area contributed by atoms with Crippen LogP contribution in [-0.2, 0) is 12.8 Å². The van der Waals surface area contributed by atoms with Gasteiger partial charge < -0.3 is 0 Å². The molecule has 0 spiro atoms. The van der Waals surface area contributed by atoms with E-state index in [1.807, 2.05) is 106 Å². The average molecular weight is 655 g/mol. The monoisotopic (exact) mass is 654 g/mol. The predicted molar refractivity (Wildman–Crippen MR) is 204 cm³/mol. The number of aryl methyl sites for hydroxylation is 2. The molecule has 6 nitrogen and oxygen atoms in total. The zero-order valence-electron chi connectivity index (χ0n) is 39.2. The summed E-state index contributed by atoms with van der Waals surface area (Å²) in [7, 11) is 0. The summed E-state index contributed by atoms with van der Waals surface area (Å²) in [6.07, 6.45) is -2.63. The van der Waals surface area contributed by atoms with Crippen LogP contribution >= 0.6 is 0 Å². The summed E-state index contributed by atoms with van der Waals surface area (Å²) in [5.74, 6) is -1.20. The van der Waals surface area contributed by atoms with E-state index >= 15 is 0 Å². The molecule has 0 bridgehead atoms. The van der Waals surface area contributed by atoms with Gasteiger partial charge in [-0.05, 0) is 103 Å². The molecule has 0 saturated carbocycles. The predicted octanol–water partition coefficient (Wildman–Crippen LogP) is 10.7. The summed E-state index contributed by atoms with van der Waals surface area (Å²) in [6.45, 7) is -5.83. The first-order valence-corrected chi connectivity index (χ1v) is 16.5. The van der Waals surface area contributed by atoms with Crippen molar-refractivity contribution in [2.24, 2.45) is 11.3 Å². The largest absolute Gasteiger partial charge is 0.278 e. The van der Waals surface area contributed by atoms with Crippen molar-refractivity contribution in [3.63, 3.8) is 0 Å². The van der Waals surface area contributed by atoms with Crippen LogP contribution in [0.3, 0.4) is 0 Å². The van der Waals surface area contributed by atoms with E-state index in [4.69, 9.17) is 26.4 Å². The Hall–Kier alpha value is -5.36. The number of fused-ring (bicyclic) bond motifs is 10. The zero-order chi connectivity index (χ0) is 43.7. The third kappa shape index (κ3) is 4.76. The fourth-order valence-electron chi connectivity index (χ4n) is 7.20. The van der Waals surface area contributed by atoms with Crippen molar-refractivity contribution in [2.75, 3.05) is 0 Å². The molecular formula is C43H42N6. The van der Waals surface area contributed by atoms with E-state index in [2.05, 4.69) is 8.97 Å². The molecule has 4 heterocycles. The van der Waals surface area contributed by atoms with Gasteiger partial charge in [0.25, 0.3) is 0 Å². The minimum atomic E-state index is -2.85. The Labute approximate surface area is 303 Å². The molecule has 9 rings (SSSR count). The lowest BCUT2D eigenvalue weighted by Gasteiger charge is -2.17. The van der Waals surface area contributed by atoms with Crippen LogP contribution in [0.1, 0.15) is 74.8 Å². The van der Waals surface area contributed by atoms with Crippen molar-refractivity contribution < 1.29 is 16.4 Å². The maximum Gasteiger partial charge on any atom is 0.220 e. The Morgan fingerprint density at radius 2 is 1.14 bits per heavy atom. The second-order valence-corrected chi connectivity index (χ2v) is 13.0. The van der Waals surface area contributed by atoms with E-state index in [1.165, 1.54) is 6.92 Å². The number of aromatic nitrogens is 6. The van der Waals surface area contributed by atoms with E-state index < -0.39 is 38.2 Å². The maximum absolute atomic E-state index is 8.78. The number of para-hydroxylation sites is 6. The molecule has 0 fully saturated rings. The van der Waals surface area contributed by atoms with Crippen molar-refractivity contribution in [3.8, 4) is 11.4 Å². The molecular weight excluding hydrogens is 601 g/mol. The van der Waals surface area contributed by atoms with Crippen molar-refractivity contribution in [3.05, 3.63) is 120 Å². The molecule has 1 unspecified atom stereocenters. The highest BCUT2D eigenvalue weighted by Crippen LogP contribution is 2.35. The fraction of sp³-hybridized carbons (Fsp3) is 0.256. The third-order valence-corrected chi connectivity index (χ3v) is 9.41. The van der Waals surface area contributed by atoms with Crippen LogP contribution in [0, 0.1) is 11.3 Å². The molecule has 0 N–H and O–H groups in total. The first-order valence-electron chi connectivity index (χ1n) is 22.5. The van der Waals surface area contributed by atoms with Crippen molar-refractivity contribution >= 4 is 55.7 Å². The second-order valence-electron chi connectivity index (χ2n) is 13.0. The number of benzene rings is 5.